The van der Waals surface area contributed by atoms with Crippen LogP contribution >= 0.6 is 11.6 Å². The molecule has 0 aromatic carbocycles. The molecule has 1 rings (SSSR count). The Hall–Kier alpha value is -1.13. The highest BCUT2D eigenvalue weighted by Crippen LogP contribution is 2.23. The van der Waals surface area contributed by atoms with Gasteiger partial charge in [-0.15, -0.1) is 0 Å². The molecular weight excluding hydrogens is 238 g/mol. The first-order chi connectivity index (χ1) is 8.06. The fourth-order valence-corrected chi connectivity index (χ4v) is 1.73. The number of amides is 1. The number of halogens is 1. The number of nitrogens with zero attached hydrogens (tertiary/aromatic N) is 1. The predicted molar refractivity (Wildman–Crippen MR) is 70.1 cm³/mol. The van der Waals surface area contributed by atoms with E-state index in [4.69, 9.17) is 17.3 Å². The Morgan fingerprint density at radius 2 is 2.35 bits per heavy atom. The van der Waals surface area contributed by atoms with Crippen molar-refractivity contribution in [2.75, 3.05) is 11.9 Å². The van der Waals surface area contributed by atoms with Crippen LogP contribution in [0.25, 0.3) is 0 Å². The van der Waals surface area contributed by atoms with Gasteiger partial charge in [0, 0.05) is 12.1 Å². The van der Waals surface area contributed by atoms with E-state index < -0.39 is 0 Å². The van der Waals surface area contributed by atoms with Gasteiger partial charge in [0.2, 0.25) is 5.91 Å². The minimum Gasteiger partial charge on any atom is -0.330 e. The van der Waals surface area contributed by atoms with E-state index in [1.807, 2.05) is 19.9 Å². The molecule has 0 radical (unpaired) electrons. The fraction of sp³-hybridized carbons (Fsp3) is 0.500. The molecule has 1 unspecified atom stereocenters. The molecule has 94 valence electrons. The zero-order valence-electron chi connectivity index (χ0n) is 10.2. The number of aryl methyl sites for hydroxylation is 1. The molecule has 1 atom stereocenters. The van der Waals surface area contributed by atoms with Gasteiger partial charge in [0.1, 0.15) is 0 Å². The summed E-state index contributed by atoms with van der Waals surface area (Å²) >= 11 is 5.94. The number of anilines is 1. The highest BCUT2D eigenvalue weighted by Gasteiger charge is 2.15. The molecule has 1 amide bonds. The maximum atomic E-state index is 11.9. The molecule has 1 aromatic heterocycles. The van der Waals surface area contributed by atoms with Crippen LogP contribution in [0.5, 0.6) is 0 Å². The Morgan fingerprint density at radius 1 is 1.65 bits per heavy atom. The molecule has 4 nitrogen and oxygen atoms in total. The van der Waals surface area contributed by atoms with E-state index >= 15 is 0 Å². The average Bonchev–Trinajstić information content (AvgIpc) is 2.30. The molecule has 1 aromatic rings. The summed E-state index contributed by atoms with van der Waals surface area (Å²) in [6.45, 7) is 4.36. The molecule has 1 heterocycles. The van der Waals surface area contributed by atoms with Crippen molar-refractivity contribution in [3.63, 3.8) is 0 Å². The second-order valence-corrected chi connectivity index (χ2v) is 4.47. The van der Waals surface area contributed by atoms with Crippen molar-refractivity contribution in [1.29, 1.82) is 0 Å². The second-order valence-electron chi connectivity index (χ2n) is 4.11. The molecule has 0 spiro atoms. The summed E-state index contributed by atoms with van der Waals surface area (Å²) in [5, 5.41) is 3.14. The van der Waals surface area contributed by atoms with Crippen LogP contribution in [-0.2, 0) is 4.79 Å². The van der Waals surface area contributed by atoms with Crippen LogP contribution in [0.3, 0.4) is 0 Å². The van der Waals surface area contributed by atoms with E-state index in [0.29, 0.717) is 17.4 Å². The van der Waals surface area contributed by atoms with Crippen molar-refractivity contribution >= 4 is 23.2 Å². The topological polar surface area (TPSA) is 68.0 Å². The monoisotopic (exact) mass is 255 g/mol. The standard InChI is InChI=1S/C12H18ClN3O/c1-8-5-7-15-11(13)10(8)16-12(17)9(2)4-3-6-14/h5,7,9H,3-4,6,14H2,1-2H3,(H,16,17). The molecule has 3 N–H and O–H groups in total. The van der Waals surface area contributed by atoms with Gasteiger partial charge in [-0.1, -0.05) is 18.5 Å². The molecular formula is C12H18ClN3O. The Bertz CT molecular complexity index is 375. The van der Waals surface area contributed by atoms with Crippen LogP contribution in [0.2, 0.25) is 5.15 Å². The van der Waals surface area contributed by atoms with Crippen LogP contribution in [0.4, 0.5) is 5.69 Å². The van der Waals surface area contributed by atoms with Crippen molar-refractivity contribution in [3.8, 4) is 0 Å². The second kappa shape index (κ2) is 6.57. The number of aromatic nitrogens is 1. The summed E-state index contributed by atoms with van der Waals surface area (Å²) in [5.41, 5.74) is 6.92. The third-order valence-electron chi connectivity index (χ3n) is 2.65. The summed E-state index contributed by atoms with van der Waals surface area (Å²) in [6, 6.07) is 1.81. The third-order valence-corrected chi connectivity index (χ3v) is 2.94. The lowest BCUT2D eigenvalue weighted by molar-refractivity contribution is -0.119. The Kier molecular flexibility index (Phi) is 5.38. The molecule has 0 saturated heterocycles. The van der Waals surface area contributed by atoms with Crippen LogP contribution in [0.1, 0.15) is 25.3 Å². The number of carbonyl (C=O) groups is 1. The van der Waals surface area contributed by atoms with Gasteiger partial charge < -0.3 is 11.1 Å². The van der Waals surface area contributed by atoms with Gasteiger partial charge in [0.15, 0.2) is 5.15 Å². The summed E-state index contributed by atoms with van der Waals surface area (Å²) in [5.74, 6) is -0.120. The molecule has 0 saturated carbocycles. The highest BCUT2D eigenvalue weighted by atomic mass is 35.5. The fourth-order valence-electron chi connectivity index (χ4n) is 1.48. The maximum Gasteiger partial charge on any atom is 0.227 e. The van der Waals surface area contributed by atoms with Gasteiger partial charge in [-0.3, -0.25) is 4.79 Å². The molecule has 0 aliphatic rings. The number of rotatable bonds is 5. The lowest BCUT2D eigenvalue weighted by Gasteiger charge is -2.13. The lowest BCUT2D eigenvalue weighted by Crippen LogP contribution is -2.22. The van der Waals surface area contributed by atoms with E-state index in [1.54, 1.807) is 6.20 Å². The number of nitrogens with two attached hydrogens (primary N) is 1. The van der Waals surface area contributed by atoms with E-state index in [9.17, 15) is 4.79 Å². The van der Waals surface area contributed by atoms with Crippen LogP contribution in [-0.4, -0.2) is 17.4 Å². The minimum absolute atomic E-state index is 0.0450. The summed E-state index contributed by atoms with van der Waals surface area (Å²) in [7, 11) is 0. The largest absolute Gasteiger partial charge is 0.330 e. The summed E-state index contributed by atoms with van der Waals surface area (Å²) < 4.78 is 0. The number of hydrogen-bond donors (Lipinski definition) is 2. The zero-order valence-corrected chi connectivity index (χ0v) is 10.9. The van der Waals surface area contributed by atoms with E-state index in [0.717, 1.165) is 18.4 Å². The molecule has 5 heteroatoms. The third kappa shape index (κ3) is 3.98. The molecule has 0 fully saturated rings. The first-order valence-corrected chi connectivity index (χ1v) is 6.06. The first-order valence-electron chi connectivity index (χ1n) is 5.68. The predicted octanol–water partition coefficient (Wildman–Crippen LogP) is 2.36. The number of pyridine rings is 1. The van der Waals surface area contributed by atoms with Crippen molar-refractivity contribution in [2.45, 2.75) is 26.7 Å². The smallest absolute Gasteiger partial charge is 0.227 e. The van der Waals surface area contributed by atoms with E-state index in [1.165, 1.54) is 0 Å². The van der Waals surface area contributed by atoms with E-state index in [-0.39, 0.29) is 11.8 Å². The van der Waals surface area contributed by atoms with Crippen LogP contribution in [0, 0.1) is 12.8 Å². The normalized spacial score (nSPS) is 12.2. The average molecular weight is 256 g/mol. The summed E-state index contributed by atoms with van der Waals surface area (Å²) in [4.78, 5) is 15.8. The van der Waals surface area contributed by atoms with Gasteiger partial charge >= 0.3 is 0 Å². The molecule has 0 aliphatic heterocycles. The Labute approximate surface area is 107 Å². The molecule has 0 bridgehead atoms. The maximum absolute atomic E-state index is 11.9. The lowest BCUT2D eigenvalue weighted by atomic mass is 10.0. The Balaban J connectivity index is 2.68. The summed E-state index contributed by atoms with van der Waals surface area (Å²) in [6.07, 6.45) is 3.23. The number of nitrogens with one attached hydrogen (secondary N) is 1. The number of carbonyl (C=O) groups excluding carboxylic acids is 1. The number of hydrogen-bond acceptors (Lipinski definition) is 3. The molecule has 17 heavy (non-hydrogen) atoms. The first kappa shape index (κ1) is 13.9. The Morgan fingerprint density at radius 3 is 2.94 bits per heavy atom. The van der Waals surface area contributed by atoms with Gasteiger partial charge in [-0.2, -0.15) is 0 Å². The molecule has 0 aliphatic carbocycles. The highest BCUT2D eigenvalue weighted by molar-refractivity contribution is 6.32. The van der Waals surface area contributed by atoms with Crippen molar-refractivity contribution < 1.29 is 4.79 Å². The van der Waals surface area contributed by atoms with Crippen molar-refractivity contribution in [1.82, 2.24) is 4.98 Å². The van der Waals surface area contributed by atoms with Gasteiger partial charge in [0.25, 0.3) is 0 Å². The quantitative estimate of drug-likeness (QED) is 0.794. The van der Waals surface area contributed by atoms with Gasteiger partial charge in [-0.05, 0) is 37.9 Å². The van der Waals surface area contributed by atoms with Crippen molar-refractivity contribution in [3.05, 3.63) is 23.0 Å². The zero-order chi connectivity index (χ0) is 12.8. The minimum atomic E-state index is -0.0748. The van der Waals surface area contributed by atoms with Gasteiger partial charge in [-0.25, -0.2) is 4.98 Å². The van der Waals surface area contributed by atoms with Crippen molar-refractivity contribution in [2.24, 2.45) is 11.7 Å². The van der Waals surface area contributed by atoms with Crippen LogP contribution in [0.15, 0.2) is 12.3 Å². The SMILES string of the molecule is Cc1ccnc(Cl)c1NC(=O)C(C)CCCN. The van der Waals surface area contributed by atoms with Gasteiger partial charge in [0.05, 0.1) is 5.69 Å². The van der Waals surface area contributed by atoms with Crippen LogP contribution < -0.4 is 11.1 Å². The van der Waals surface area contributed by atoms with E-state index in [2.05, 4.69) is 10.3 Å².